The molecule has 0 aromatic carbocycles. The van der Waals surface area contributed by atoms with Crippen molar-refractivity contribution in [3.63, 3.8) is 0 Å². The first-order valence-corrected chi connectivity index (χ1v) is 26.6. The van der Waals surface area contributed by atoms with Crippen LogP contribution in [-0.4, -0.2) is 30.5 Å². The van der Waals surface area contributed by atoms with Crippen molar-refractivity contribution < 1.29 is 39.5 Å². The molecule has 0 spiro atoms. The Balaban J connectivity index is 0. The maximum absolute atomic E-state index is 10.9. The third kappa shape index (κ3) is 54.4. The smallest absolute Gasteiger partial charge is 0.550 e. The molecule has 0 unspecified atom stereocenters. The molecule has 4 heteroatoms. The van der Waals surface area contributed by atoms with Gasteiger partial charge >= 0.3 is 29.6 Å². The predicted molar refractivity (Wildman–Crippen MR) is 250 cm³/mol. The average Bonchev–Trinajstić information content (AvgIpc) is 3.19. The maximum Gasteiger partial charge on any atom is 1.00 e. The molecule has 57 heavy (non-hydrogen) atoms. The number of rotatable bonds is 51. The average molecular weight is 812 g/mol. The Hall–Kier alpha value is 0.430. The van der Waals surface area contributed by atoms with Crippen LogP contribution in [0.1, 0.15) is 316 Å². The van der Waals surface area contributed by atoms with Gasteiger partial charge in [-0.2, -0.15) is 0 Å². The number of aliphatic carboxylic acids is 1. The topological polar surface area (TPSA) is 43.4 Å². The van der Waals surface area contributed by atoms with Gasteiger partial charge in [-0.3, -0.25) is 0 Å². The number of carbonyl (C=O) groups excluding carboxylic acids is 1. The molecule has 0 bridgehead atoms. The van der Waals surface area contributed by atoms with Gasteiger partial charge in [-0.05, 0) is 51.7 Å². The van der Waals surface area contributed by atoms with Crippen LogP contribution in [0.3, 0.4) is 0 Å². The molecule has 0 aromatic rings. The molecule has 0 heterocycles. The number of hydrogen-bond donors (Lipinski definition) is 0. The van der Waals surface area contributed by atoms with E-state index in [1.54, 1.807) is 0 Å². The minimum Gasteiger partial charge on any atom is -0.550 e. The van der Waals surface area contributed by atoms with Crippen molar-refractivity contribution in [2.75, 3.05) is 19.6 Å². The van der Waals surface area contributed by atoms with Crippen molar-refractivity contribution in [3.05, 3.63) is 0 Å². The van der Waals surface area contributed by atoms with E-state index in [0.717, 1.165) is 19.4 Å². The van der Waals surface area contributed by atoms with Gasteiger partial charge in [0.2, 0.25) is 0 Å². The van der Waals surface area contributed by atoms with E-state index < -0.39 is 5.97 Å². The molecule has 0 aliphatic carbocycles. The maximum atomic E-state index is 10.9. The number of carboxylic acid groups (broad SMARTS) is 1. The molecule has 0 N–H and O–H groups in total. The van der Waals surface area contributed by atoms with E-state index >= 15 is 0 Å². The standard InChI is InChI=1S/C53H107NO2.Na/c1-3-5-7-9-11-13-15-17-19-21-23-25-27-29-31-33-35-37-39-41-43-46-50-54(52-48-45-49-53(55)56)51-47-44-42-40-38-36-34-32-30-28-26-24-22-20-18-16-14-12-10-8-6-4-2;/h3-52H2,1-2H3,(H,55,56);/q;+1/p-1. The van der Waals surface area contributed by atoms with Crippen molar-refractivity contribution in [1.29, 1.82) is 0 Å². The first-order chi connectivity index (χ1) is 27.7. The van der Waals surface area contributed by atoms with E-state index in [1.165, 1.54) is 296 Å². The molecular weight excluding hydrogens is 706 g/mol. The van der Waals surface area contributed by atoms with Crippen LogP contribution in [0, 0.1) is 0 Å². The quantitative estimate of drug-likeness (QED) is 0.0454. The van der Waals surface area contributed by atoms with Crippen molar-refractivity contribution in [2.24, 2.45) is 0 Å². The number of carbonyl (C=O) groups is 1. The van der Waals surface area contributed by atoms with Gasteiger partial charge in [-0.1, -0.05) is 284 Å². The summed E-state index contributed by atoms with van der Waals surface area (Å²) >= 11 is 0. The second kappa shape index (κ2) is 54.4. The van der Waals surface area contributed by atoms with Gasteiger partial charge in [0, 0.05) is 5.97 Å². The number of nitrogens with zero attached hydrogens (tertiary/aromatic N) is 1. The van der Waals surface area contributed by atoms with E-state index in [0.29, 0.717) is 0 Å². The van der Waals surface area contributed by atoms with Gasteiger partial charge < -0.3 is 14.8 Å². The molecule has 0 atom stereocenters. The monoisotopic (exact) mass is 812 g/mol. The van der Waals surface area contributed by atoms with Crippen LogP contribution in [-0.2, 0) is 4.79 Å². The summed E-state index contributed by atoms with van der Waals surface area (Å²) in [7, 11) is 0. The van der Waals surface area contributed by atoms with Crippen LogP contribution in [0.4, 0.5) is 0 Å². The molecule has 3 nitrogen and oxygen atoms in total. The van der Waals surface area contributed by atoms with Crippen LogP contribution < -0.4 is 34.7 Å². The Morgan fingerprint density at radius 3 is 0.614 bits per heavy atom. The zero-order valence-electron chi connectivity index (χ0n) is 40.1. The van der Waals surface area contributed by atoms with Gasteiger partial charge in [-0.15, -0.1) is 0 Å². The fourth-order valence-electron chi connectivity index (χ4n) is 8.83. The summed E-state index contributed by atoms with van der Waals surface area (Å²) < 4.78 is 0. The molecular formula is C53H106NNaO2. The predicted octanol–water partition coefficient (Wildman–Crippen LogP) is 14.4. The molecule has 0 aromatic heterocycles. The van der Waals surface area contributed by atoms with E-state index in [-0.39, 0.29) is 36.0 Å². The summed E-state index contributed by atoms with van der Waals surface area (Å²) in [5.41, 5.74) is 0. The van der Waals surface area contributed by atoms with E-state index in [2.05, 4.69) is 18.7 Å². The number of carboxylic acids is 1. The van der Waals surface area contributed by atoms with E-state index in [1.807, 2.05) is 0 Å². The zero-order valence-corrected chi connectivity index (χ0v) is 42.1. The third-order valence-electron chi connectivity index (χ3n) is 12.8. The minimum atomic E-state index is -0.893. The second-order valence-corrected chi connectivity index (χ2v) is 18.5. The largest absolute Gasteiger partial charge is 1.00 e. The fourth-order valence-corrected chi connectivity index (χ4v) is 8.83. The number of unbranched alkanes of at least 4 members (excludes halogenated alkanes) is 43. The minimum absolute atomic E-state index is 0. The summed E-state index contributed by atoms with van der Waals surface area (Å²) in [4.78, 5) is 13.5. The van der Waals surface area contributed by atoms with Crippen LogP contribution in [0.2, 0.25) is 0 Å². The molecule has 0 rings (SSSR count). The molecule has 0 aliphatic heterocycles. The first-order valence-electron chi connectivity index (χ1n) is 26.6. The SMILES string of the molecule is CCCCCCCCCCCCCCCCCCCCCCCCN(CCCCCCCCCCCCCCCCCCCCCCCC)CCCCC(=O)[O-].[Na+]. The molecule has 0 saturated carbocycles. The van der Waals surface area contributed by atoms with Crippen molar-refractivity contribution >= 4 is 5.97 Å². The normalized spacial score (nSPS) is 11.5. The summed E-state index contributed by atoms with van der Waals surface area (Å²) in [6.45, 7) is 8.07. The van der Waals surface area contributed by atoms with Gasteiger partial charge in [-0.25, -0.2) is 0 Å². The van der Waals surface area contributed by atoms with Crippen LogP contribution in [0.25, 0.3) is 0 Å². The second-order valence-electron chi connectivity index (χ2n) is 18.5. The summed E-state index contributed by atoms with van der Waals surface area (Å²) in [6.07, 6.45) is 65.1. The Morgan fingerprint density at radius 2 is 0.439 bits per heavy atom. The number of hydrogen-bond acceptors (Lipinski definition) is 3. The zero-order chi connectivity index (χ0) is 40.5. The van der Waals surface area contributed by atoms with Gasteiger partial charge in [0.15, 0.2) is 0 Å². The molecule has 0 fully saturated rings. The van der Waals surface area contributed by atoms with Crippen LogP contribution in [0.15, 0.2) is 0 Å². The fraction of sp³-hybridized carbons (Fsp3) is 0.981. The third-order valence-corrected chi connectivity index (χ3v) is 12.8. The van der Waals surface area contributed by atoms with E-state index in [9.17, 15) is 9.90 Å². The molecule has 336 valence electrons. The summed E-state index contributed by atoms with van der Waals surface area (Å²) in [5.74, 6) is -0.893. The van der Waals surface area contributed by atoms with Gasteiger partial charge in [0.05, 0.1) is 0 Å². The van der Waals surface area contributed by atoms with Gasteiger partial charge in [0.25, 0.3) is 0 Å². The van der Waals surface area contributed by atoms with Crippen molar-refractivity contribution in [2.45, 2.75) is 316 Å². The summed E-state index contributed by atoms with van der Waals surface area (Å²) in [6, 6.07) is 0. The Morgan fingerprint density at radius 1 is 0.281 bits per heavy atom. The van der Waals surface area contributed by atoms with Gasteiger partial charge in [0.1, 0.15) is 0 Å². The Bertz CT molecular complexity index is 669. The van der Waals surface area contributed by atoms with Crippen molar-refractivity contribution in [3.8, 4) is 0 Å². The molecule has 0 amide bonds. The van der Waals surface area contributed by atoms with Crippen molar-refractivity contribution in [1.82, 2.24) is 4.90 Å². The Kier molecular flexibility index (Phi) is 56.9. The Labute approximate surface area is 383 Å². The van der Waals surface area contributed by atoms with Crippen LogP contribution >= 0.6 is 0 Å². The summed E-state index contributed by atoms with van der Waals surface area (Å²) in [5, 5.41) is 10.9. The van der Waals surface area contributed by atoms with Crippen LogP contribution in [0.5, 0.6) is 0 Å². The first kappa shape index (κ1) is 59.5. The molecule has 0 saturated heterocycles. The molecule has 0 aliphatic rings. The molecule has 0 radical (unpaired) electrons. The van der Waals surface area contributed by atoms with E-state index in [4.69, 9.17) is 0 Å².